The van der Waals surface area contributed by atoms with E-state index >= 15 is 0 Å². The van der Waals surface area contributed by atoms with Crippen molar-refractivity contribution < 1.29 is 14.4 Å². The van der Waals surface area contributed by atoms with Crippen LogP contribution in [0.3, 0.4) is 0 Å². The zero-order chi connectivity index (χ0) is 27.5. The van der Waals surface area contributed by atoms with Crippen LogP contribution in [-0.2, 0) is 22.7 Å². The van der Waals surface area contributed by atoms with Crippen LogP contribution < -0.4 is 21.4 Å². The maximum Gasteiger partial charge on any atom is 0.272 e. The van der Waals surface area contributed by atoms with Crippen LogP contribution in [0, 0.1) is 0 Å². The highest BCUT2D eigenvalue weighted by Crippen LogP contribution is 2.27. The maximum atomic E-state index is 13.4. The molecular weight excluding hydrogens is 609 g/mol. The first-order chi connectivity index (χ1) is 17.2. The molecule has 196 valence electrons. The number of halogens is 6. The van der Waals surface area contributed by atoms with Crippen LogP contribution >= 0.6 is 69.6 Å². The van der Waals surface area contributed by atoms with Crippen molar-refractivity contribution in [3.05, 3.63) is 75.1 Å². The van der Waals surface area contributed by atoms with E-state index in [0.717, 1.165) is 0 Å². The van der Waals surface area contributed by atoms with Crippen molar-refractivity contribution in [1.29, 1.82) is 0 Å². The fraction of sp³-hybridized carbons (Fsp3) is 0.217. The van der Waals surface area contributed by atoms with Gasteiger partial charge in [-0.05, 0) is 35.4 Å². The number of nitrogens with one attached hydrogen (secondary N) is 4. The van der Waals surface area contributed by atoms with Crippen molar-refractivity contribution in [2.45, 2.75) is 20.7 Å². The predicted molar refractivity (Wildman–Crippen MR) is 148 cm³/mol. The topological polar surface area (TPSA) is 120 Å². The van der Waals surface area contributed by atoms with Gasteiger partial charge in [0.2, 0.25) is 5.78 Å². The van der Waals surface area contributed by atoms with E-state index in [1.807, 2.05) is 0 Å². The molecule has 0 saturated carbocycles. The molecule has 0 atom stereocenters. The number of fused-ring (bicyclic) bond motifs is 1. The molecule has 0 aliphatic heterocycles. The molecule has 0 bridgehead atoms. The number of hydrogen-bond acceptors (Lipinski definition) is 5. The first kappa shape index (κ1) is 29.4. The third-order valence-corrected chi connectivity index (χ3v) is 6.19. The number of ketones is 1. The molecule has 2 aromatic carbocycles. The van der Waals surface area contributed by atoms with Gasteiger partial charge in [0.25, 0.3) is 19.4 Å². The Kier molecular flexibility index (Phi) is 9.27. The number of rotatable bonds is 7. The van der Waals surface area contributed by atoms with Crippen molar-refractivity contribution in [3.63, 3.8) is 0 Å². The second kappa shape index (κ2) is 11.7. The minimum Gasteiger partial charge on any atom is -0.388 e. The summed E-state index contributed by atoms with van der Waals surface area (Å²) in [6.45, 7) is 0.0266. The van der Waals surface area contributed by atoms with Gasteiger partial charge in [0.1, 0.15) is 0 Å². The second-order valence-electron chi connectivity index (χ2n) is 7.75. The van der Waals surface area contributed by atoms with Crippen molar-refractivity contribution >= 4 is 104 Å². The van der Waals surface area contributed by atoms with Gasteiger partial charge in [-0.25, -0.2) is 0 Å². The van der Waals surface area contributed by atoms with E-state index in [4.69, 9.17) is 69.6 Å². The molecule has 0 spiro atoms. The number of benzene rings is 2. The molecule has 14 heteroatoms. The molecule has 8 nitrogen and oxygen atoms in total. The number of alkyl halides is 6. The van der Waals surface area contributed by atoms with Gasteiger partial charge in [-0.3, -0.25) is 19.2 Å². The van der Waals surface area contributed by atoms with Gasteiger partial charge in [0, 0.05) is 48.4 Å². The quantitative estimate of drug-likeness (QED) is 0.222. The number of amides is 2. The molecular formula is C23H18Cl6N4O4. The fourth-order valence-electron chi connectivity index (χ4n) is 3.34. The molecule has 0 aliphatic carbocycles. The second-order valence-corrected chi connectivity index (χ2v) is 12.3. The summed E-state index contributed by atoms with van der Waals surface area (Å²) in [5.41, 5.74) is 1.95. The number of hydrogen-bond donors (Lipinski definition) is 4. The predicted octanol–water partition coefficient (Wildman–Crippen LogP) is 4.77. The fourth-order valence-corrected chi connectivity index (χ4v) is 3.74. The number of carbonyl (C=O) groups is 3. The molecule has 1 aromatic heterocycles. The smallest absolute Gasteiger partial charge is 0.272 e. The van der Waals surface area contributed by atoms with Gasteiger partial charge in [-0.15, -0.1) is 0 Å². The van der Waals surface area contributed by atoms with Crippen LogP contribution in [-0.4, -0.2) is 37.2 Å². The minimum absolute atomic E-state index is 0.00283. The van der Waals surface area contributed by atoms with Crippen LogP contribution in [0.5, 0.6) is 0 Å². The SMILES string of the molecule is CNc1ccc(CNC(=O)C(Cl)(Cl)Cl)cc1C(=O)c1cc(=O)c2cc(CNC(=O)C(Cl)(Cl)Cl)ccc2[nH]1. The largest absolute Gasteiger partial charge is 0.388 e. The van der Waals surface area contributed by atoms with Gasteiger partial charge < -0.3 is 20.9 Å². The number of H-pyrrole nitrogens is 1. The highest BCUT2D eigenvalue weighted by Gasteiger charge is 2.31. The summed E-state index contributed by atoms with van der Waals surface area (Å²) in [7, 11) is 1.64. The lowest BCUT2D eigenvalue weighted by molar-refractivity contribution is -0.121. The summed E-state index contributed by atoms with van der Waals surface area (Å²) in [4.78, 5) is 52.8. The molecule has 0 fully saturated rings. The van der Waals surface area contributed by atoms with Crippen LogP contribution in [0.15, 0.2) is 47.3 Å². The monoisotopic (exact) mass is 624 g/mol. The highest BCUT2D eigenvalue weighted by atomic mass is 35.6. The Morgan fingerprint density at radius 1 is 0.811 bits per heavy atom. The number of aromatic amines is 1. The van der Waals surface area contributed by atoms with Gasteiger partial charge in [-0.2, -0.15) is 0 Å². The van der Waals surface area contributed by atoms with Gasteiger partial charge in [-0.1, -0.05) is 81.7 Å². The zero-order valence-electron chi connectivity index (χ0n) is 18.9. The van der Waals surface area contributed by atoms with Crippen LogP contribution in [0.25, 0.3) is 10.9 Å². The van der Waals surface area contributed by atoms with Gasteiger partial charge in [0.05, 0.1) is 5.69 Å². The first-order valence-electron chi connectivity index (χ1n) is 10.4. The van der Waals surface area contributed by atoms with Crippen LogP contribution in [0.1, 0.15) is 27.2 Å². The van der Waals surface area contributed by atoms with Crippen molar-refractivity contribution in [3.8, 4) is 0 Å². The molecule has 4 N–H and O–H groups in total. The number of pyridine rings is 1. The average Bonchev–Trinajstić information content (AvgIpc) is 2.83. The normalized spacial score (nSPS) is 11.8. The molecule has 3 aromatic rings. The molecule has 3 rings (SSSR count). The third-order valence-electron chi connectivity index (χ3n) is 5.16. The highest BCUT2D eigenvalue weighted by molar-refractivity contribution is 6.76. The van der Waals surface area contributed by atoms with Gasteiger partial charge >= 0.3 is 0 Å². The van der Waals surface area contributed by atoms with Crippen molar-refractivity contribution in [1.82, 2.24) is 15.6 Å². The number of anilines is 1. The molecule has 0 saturated heterocycles. The lowest BCUT2D eigenvalue weighted by Gasteiger charge is -2.14. The molecule has 1 heterocycles. The van der Waals surface area contributed by atoms with E-state index in [1.54, 1.807) is 43.4 Å². The lowest BCUT2D eigenvalue weighted by atomic mass is 10.0. The summed E-state index contributed by atoms with van der Waals surface area (Å²) < 4.78 is -4.23. The van der Waals surface area contributed by atoms with Crippen molar-refractivity contribution in [2.75, 3.05) is 12.4 Å². The van der Waals surface area contributed by atoms with E-state index in [0.29, 0.717) is 27.7 Å². The molecule has 0 unspecified atom stereocenters. The maximum absolute atomic E-state index is 13.4. The van der Waals surface area contributed by atoms with E-state index in [2.05, 4.69) is 20.9 Å². The Morgan fingerprint density at radius 3 is 1.89 bits per heavy atom. The standard InChI is InChI=1S/C23H18Cl6N4O4/c1-30-15-4-2-12(10-32-21(37)23(27,28)29)7-14(15)19(35)17-8-18(34)13-6-11(3-5-16(13)33-17)9-31-20(36)22(24,25)26/h2-8,30H,9-10H2,1H3,(H,31,36)(H,32,37)(H,33,34). The number of aromatic nitrogens is 1. The summed E-state index contributed by atoms with van der Waals surface area (Å²) in [6, 6.07) is 10.9. The molecule has 2 amide bonds. The summed E-state index contributed by atoms with van der Waals surface area (Å²) in [5, 5.41) is 8.16. The van der Waals surface area contributed by atoms with Gasteiger partial charge in [0.15, 0.2) is 5.43 Å². The van der Waals surface area contributed by atoms with E-state index in [1.165, 1.54) is 6.07 Å². The van der Waals surface area contributed by atoms with Crippen molar-refractivity contribution in [2.24, 2.45) is 0 Å². The zero-order valence-corrected chi connectivity index (χ0v) is 23.4. The Balaban J connectivity index is 1.88. The Bertz CT molecular complexity index is 1430. The molecule has 0 radical (unpaired) electrons. The average molecular weight is 627 g/mol. The van der Waals surface area contributed by atoms with E-state index < -0.39 is 30.6 Å². The minimum atomic E-state index is -2.12. The number of carbonyl (C=O) groups excluding carboxylic acids is 3. The summed E-state index contributed by atoms with van der Waals surface area (Å²) in [6.07, 6.45) is 0. The summed E-state index contributed by atoms with van der Waals surface area (Å²) in [5.74, 6) is -2.08. The Labute approximate surface area is 240 Å². The van der Waals surface area contributed by atoms with Crippen LogP contribution in [0.4, 0.5) is 5.69 Å². The third kappa shape index (κ3) is 7.44. The Morgan fingerprint density at radius 2 is 1.35 bits per heavy atom. The van der Waals surface area contributed by atoms with E-state index in [-0.39, 0.29) is 24.3 Å². The lowest BCUT2D eigenvalue weighted by Crippen LogP contribution is -2.34. The van der Waals surface area contributed by atoms with E-state index in [9.17, 15) is 19.2 Å². The first-order valence-corrected chi connectivity index (χ1v) is 12.7. The van der Waals surface area contributed by atoms with Crippen LogP contribution in [0.2, 0.25) is 0 Å². The molecule has 0 aliphatic rings. The Hall–Kier alpha value is -2.20. The molecule has 37 heavy (non-hydrogen) atoms. The summed E-state index contributed by atoms with van der Waals surface area (Å²) >= 11 is 33.3.